The summed E-state index contributed by atoms with van der Waals surface area (Å²) in [5, 5.41) is 16.8. The topological polar surface area (TPSA) is 108 Å². The van der Waals surface area contributed by atoms with E-state index in [0.29, 0.717) is 16.3 Å². The summed E-state index contributed by atoms with van der Waals surface area (Å²) < 4.78 is 50.1. The molecule has 1 aliphatic heterocycles. The van der Waals surface area contributed by atoms with E-state index in [1.165, 1.54) is 13.8 Å². The van der Waals surface area contributed by atoms with E-state index in [4.69, 9.17) is 9.47 Å². The van der Waals surface area contributed by atoms with E-state index in [0.717, 1.165) is 24.3 Å². The highest BCUT2D eigenvalue weighted by Gasteiger charge is 2.69. The maximum Gasteiger partial charge on any atom is 0.416 e. The Morgan fingerprint density at radius 3 is 2.08 bits per heavy atom. The van der Waals surface area contributed by atoms with Gasteiger partial charge in [0.1, 0.15) is 6.04 Å². The Kier molecular flexibility index (Phi) is 7.41. The lowest BCUT2D eigenvalue weighted by Gasteiger charge is -2.31. The van der Waals surface area contributed by atoms with Gasteiger partial charge < -0.3 is 9.47 Å². The minimum atomic E-state index is -4.62. The van der Waals surface area contributed by atoms with Crippen molar-refractivity contribution in [1.29, 1.82) is 0 Å². The first kappa shape index (κ1) is 27.1. The number of carbonyl (C=O) groups excluding carboxylic acids is 2. The molecule has 4 rings (SSSR count). The standard InChI is InChI=1S/C27H25F3N2O6/c1-3-37-24(33)26(25(34)38-4-2)21(20-11-7-9-16-8-5-6-10-19(16)20)23(32(35)36)22(31-26)17-12-14-18(15-13-17)27(28,29)30/h5-15,21-23,31H,3-4H2,1-2H3/t21-,22-,23-/m1/s1. The van der Waals surface area contributed by atoms with E-state index >= 15 is 0 Å². The molecule has 1 saturated heterocycles. The van der Waals surface area contributed by atoms with Gasteiger partial charge in [0, 0.05) is 4.92 Å². The summed E-state index contributed by atoms with van der Waals surface area (Å²) in [5.41, 5.74) is -2.86. The SMILES string of the molecule is CCOC(=O)C1(C(=O)OCC)N[C@H](c2ccc(C(F)(F)F)cc2)[C@H]([N+](=O)[O-])[C@H]1c1cccc2ccccc12. The Balaban J connectivity index is 2.00. The van der Waals surface area contributed by atoms with E-state index in [1.54, 1.807) is 42.5 Å². The molecule has 0 aromatic heterocycles. The second-order valence-corrected chi connectivity index (χ2v) is 8.81. The number of benzene rings is 3. The predicted molar refractivity (Wildman–Crippen MR) is 131 cm³/mol. The maximum atomic E-state index is 13.6. The molecule has 1 aliphatic rings. The van der Waals surface area contributed by atoms with Crippen molar-refractivity contribution in [2.45, 2.75) is 43.6 Å². The van der Waals surface area contributed by atoms with Crippen LogP contribution in [0.1, 0.15) is 42.5 Å². The van der Waals surface area contributed by atoms with Gasteiger partial charge in [0.2, 0.25) is 11.6 Å². The molecule has 3 atom stereocenters. The number of rotatable bonds is 7. The lowest BCUT2D eigenvalue weighted by atomic mass is 9.75. The third-order valence-corrected chi connectivity index (χ3v) is 6.73. The van der Waals surface area contributed by atoms with Crippen LogP contribution in [0, 0.1) is 10.1 Å². The van der Waals surface area contributed by atoms with Gasteiger partial charge in [-0.2, -0.15) is 13.2 Å². The van der Waals surface area contributed by atoms with Gasteiger partial charge in [0.15, 0.2) is 0 Å². The molecule has 1 N–H and O–H groups in total. The molecule has 0 aliphatic carbocycles. The molecule has 8 nitrogen and oxygen atoms in total. The van der Waals surface area contributed by atoms with Crippen LogP contribution in [-0.2, 0) is 25.2 Å². The average molecular weight is 530 g/mol. The Bertz CT molecular complexity index is 1340. The number of fused-ring (bicyclic) bond motifs is 1. The van der Waals surface area contributed by atoms with Crippen molar-refractivity contribution in [1.82, 2.24) is 5.32 Å². The van der Waals surface area contributed by atoms with Gasteiger partial charge >= 0.3 is 18.1 Å². The number of alkyl halides is 3. The van der Waals surface area contributed by atoms with E-state index in [9.17, 15) is 32.9 Å². The lowest BCUT2D eigenvalue weighted by molar-refractivity contribution is -0.527. The molecule has 200 valence electrons. The molecule has 0 radical (unpaired) electrons. The Labute approximate surface area is 215 Å². The zero-order valence-corrected chi connectivity index (χ0v) is 20.5. The number of halogens is 3. The van der Waals surface area contributed by atoms with E-state index in [1.807, 2.05) is 0 Å². The molecule has 3 aromatic carbocycles. The highest BCUT2D eigenvalue weighted by Crippen LogP contribution is 2.49. The summed E-state index contributed by atoms with van der Waals surface area (Å²) in [4.78, 5) is 39.2. The Hall–Kier alpha value is -3.99. The molecule has 0 bridgehead atoms. The number of ether oxygens (including phenoxy) is 2. The number of nitrogens with zero attached hydrogens (tertiary/aromatic N) is 1. The van der Waals surface area contributed by atoms with Crippen molar-refractivity contribution in [2.75, 3.05) is 13.2 Å². The zero-order valence-electron chi connectivity index (χ0n) is 20.5. The number of nitrogens with one attached hydrogen (secondary N) is 1. The smallest absolute Gasteiger partial charge is 0.416 e. The Morgan fingerprint density at radius 2 is 1.53 bits per heavy atom. The van der Waals surface area contributed by atoms with Crippen LogP contribution in [0.2, 0.25) is 0 Å². The summed E-state index contributed by atoms with van der Waals surface area (Å²) in [6.07, 6.45) is -4.62. The largest absolute Gasteiger partial charge is 0.464 e. The third kappa shape index (κ3) is 4.58. The molecule has 1 heterocycles. The first-order valence-corrected chi connectivity index (χ1v) is 12.0. The van der Waals surface area contributed by atoms with Crippen LogP contribution in [0.4, 0.5) is 13.2 Å². The molecular formula is C27H25F3N2O6. The summed E-state index contributed by atoms with van der Waals surface area (Å²) >= 11 is 0. The van der Waals surface area contributed by atoms with Gasteiger partial charge in [-0.05, 0) is 47.9 Å². The monoisotopic (exact) mass is 530 g/mol. The van der Waals surface area contributed by atoms with Crippen LogP contribution in [-0.4, -0.2) is 41.7 Å². The van der Waals surface area contributed by atoms with Crippen LogP contribution in [0.25, 0.3) is 10.8 Å². The second kappa shape index (κ2) is 10.4. The molecule has 38 heavy (non-hydrogen) atoms. The third-order valence-electron chi connectivity index (χ3n) is 6.73. The zero-order chi connectivity index (χ0) is 27.7. The fourth-order valence-corrected chi connectivity index (χ4v) is 5.16. The van der Waals surface area contributed by atoms with Gasteiger partial charge in [0.25, 0.3) is 0 Å². The van der Waals surface area contributed by atoms with Crippen LogP contribution < -0.4 is 5.32 Å². The fourth-order valence-electron chi connectivity index (χ4n) is 5.16. The molecular weight excluding hydrogens is 505 g/mol. The molecule has 0 unspecified atom stereocenters. The van der Waals surface area contributed by atoms with Crippen LogP contribution in [0.5, 0.6) is 0 Å². The van der Waals surface area contributed by atoms with Crippen molar-refractivity contribution < 1.29 is 37.2 Å². The number of hydrogen-bond acceptors (Lipinski definition) is 7. The van der Waals surface area contributed by atoms with Crippen molar-refractivity contribution >= 4 is 22.7 Å². The summed E-state index contributed by atoms with van der Waals surface area (Å²) in [5.74, 6) is -3.57. The molecule has 11 heteroatoms. The minimum Gasteiger partial charge on any atom is -0.464 e. The Morgan fingerprint density at radius 1 is 0.947 bits per heavy atom. The molecule has 0 amide bonds. The van der Waals surface area contributed by atoms with Gasteiger partial charge in [-0.1, -0.05) is 54.6 Å². The normalized spacial score (nSPS) is 20.7. The quantitative estimate of drug-likeness (QED) is 0.202. The summed E-state index contributed by atoms with van der Waals surface area (Å²) in [7, 11) is 0. The highest BCUT2D eigenvalue weighted by atomic mass is 19.4. The first-order chi connectivity index (χ1) is 18.1. The van der Waals surface area contributed by atoms with E-state index < -0.39 is 52.1 Å². The van der Waals surface area contributed by atoms with E-state index in [2.05, 4.69) is 5.32 Å². The maximum absolute atomic E-state index is 13.6. The van der Waals surface area contributed by atoms with E-state index in [-0.39, 0.29) is 18.8 Å². The van der Waals surface area contributed by atoms with Crippen molar-refractivity contribution in [3.63, 3.8) is 0 Å². The second-order valence-electron chi connectivity index (χ2n) is 8.81. The van der Waals surface area contributed by atoms with Crippen LogP contribution in [0.15, 0.2) is 66.7 Å². The summed E-state index contributed by atoms with van der Waals surface area (Å²) in [6.45, 7) is 2.80. The lowest BCUT2D eigenvalue weighted by Crippen LogP contribution is -2.60. The van der Waals surface area contributed by atoms with Gasteiger partial charge in [-0.25, -0.2) is 9.59 Å². The van der Waals surface area contributed by atoms with Gasteiger partial charge in [-0.15, -0.1) is 0 Å². The fraction of sp³-hybridized carbons (Fsp3) is 0.333. The molecule has 0 spiro atoms. The highest BCUT2D eigenvalue weighted by molar-refractivity contribution is 6.08. The van der Waals surface area contributed by atoms with Crippen molar-refractivity contribution in [2.24, 2.45) is 0 Å². The summed E-state index contributed by atoms with van der Waals surface area (Å²) in [6, 6.07) is 12.9. The predicted octanol–water partition coefficient (Wildman–Crippen LogP) is 4.80. The first-order valence-electron chi connectivity index (χ1n) is 12.0. The minimum absolute atomic E-state index is 0.0976. The number of nitro groups is 1. The van der Waals surface area contributed by atoms with Crippen molar-refractivity contribution in [3.8, 4) is 0 Å². The molecule has 3 aromatic rings. The average Bonchev–Trinajstić information content (AvgIpc) is 3.26. The van der Waals surface area contributed by atoms with Crippen LogP contribution in [0.3, 0.4) is 0 Å². The van der Waals surface area contributed by atoms with Gasteiger partial charge in [0.05, 0.1) is 24.7 Å². The number of carbonyl (C=O) groups is 2. The number of esters is 2. The van der Waals surface area contributed by atoms with Crippen LogP contribution >= 0.6 is 0 Å². The molecule has 0 saturated carbocycles. The molecule has 1 fully saturated rings. The van der Waals surface area contributed by atoms with Gasteiger partial charge in [-0.3, -0.25) is 15.4 Å². The number of hydrogen-bond donors (Lipinski definition) is 1. The van der Waals surface area contributed by atoms with Crippen molar-refractivity contribution in [3.05, 3.63) is 93.5 Å².